The Bertz CT molecular complexity index is 606. The van der Waals surface area contributed by atoms with Crippen LogP contribution in [0.2, 0.25) is 0 Å². The molecule has 0 radical (unpaired) electrons. The van der Waals surface area contributed by atoms with Crippen LogP contribution in [-0.4, -0.2) is 10.8 Å². The van der Waals surface area contributed by atoms with Crippen molar-refractivity contribution in [3.63, 3.8) is 0 Å². The molecule has 2 aromatic rings. The Balaban J connectivity index is 2.34. The highest BCUT2D eigenvalue weighted by molar-refractivity contribution is 6.11. The number of hydrogen-bond acceptors (Lipinski definition) is 3. The van der Waals surface area contributed by atoms with Crippen molar-refractivity contribution in [2.45, 2.75) is 6.18 Å². The molecule has 3 nitrogen and oxygen atoms in total. The summed E-state index contributed by atoms with van der Waals surface area (Å²) < 4.78 is 37.2. The maximum atomic E-state index is 12.4. The minimum absolute atomic E-state index is 0.144. The van der Waals surface area contributed by atoms with Crippen molar-refractivity contribution >= 4 is 11.5 Å². The molecule has 1 heterocycles. The van der Waals surface area contributed by atoms with Gasteiger partial charge in [-0.05, 0) is 18.2 Å². The van der Waals surface area contributed by atoms with Crippen molar-refractivity contribution in [1.29, 1.82) is 0 Å². The molecule has 98 valence electrons. The lowest BCUT2D eigenvalue weighted by Crippen LogP contribution is -2.08. The van der Waals surface area contributed by atoms with E-state index in [-0.39, 0.29) is 16.8 Å². The van der Waals surface area contributed by atoms with Crippen LogP contribution < -0.4 is 5.73 Å². The highest BCUT2D eigenvalue weighted by atomic mass is 19.4. The minimum Gasteiger partial charge on any atom is -0.397 e. The summed E-state index contributed by atoms with van der Waals surface area (Å²) in [7, 11) is 0. The summed E-state index contributed by atoms with van der Waals surface area (Å²) in [5.41, 5.74) is 5.34. The van der Waals surface area contributed by atoms with E-state index < -0.39 is 17.5 Å². The summed E-state index contributed by atoms with van der Waals surface area (Å²) in [6, 6.07) is 5.42. The molecule has 1 aromatic carbocycles. The molecule has 6 heteroatoms. The molecule has 0 spiro atoms. The van der Waals surface area contributed by atoms with Crippen LogP contribution in [-0.2, 0) is 6.18 Å². The Morgan fingerprint density at radius 2 is 1.74 bits per heavy atom. The highest BCUT2D eigenvalue weighted by Crippen LogP contribution is 2.29. The predicted octanol–water partition coefficient (Wildman–Crippen LogP) is 2.91. The predicted molar refractivity (Wildman–Crippen MR) is 63.5 cm³/mol. The number of alkyl halides is 3. The Labute approximate surface area is 106 Å². The van der Waals surface area contributed by atoms with Crippen LogP contribution in [0.4, 0.5) is 18.9 Å². The topological polar surface area (TPSA) is 56.0 Å². The number of halogens is 3. The van der Waals surface area contributed by atoms with E-state index >= 15 is 0 Å². The van der Waals surface area contributed by atoms with Crippen molar-refractivity contribution < 1.29 is 18.0 Å². The summed E-state index contributed by atoms with van der Waals surface area (Å²) >= 11 is 0. The highest BCUT2D eigenvalue weighted by Gasteiger charge is 2.30. The van der Waals surface area contributed by atoms with E-state index in [4.69, 9.17) is 5.73 Å². The third-order valence-corrected chi connectivity index (χ3v) is 2.57. The lowest BCUT2D eigenvalue weighted by Gasteiger charge is -2.08. The van der Waals surface area contributed by atoms with Gasteiger partial charge in [0.1, 0.15) is 0 Å². The van der Waals surface area contributed by atoms with Crippen LogP contribution >= 0.6 is 0 Å². The second-order valence-corrected chi connectivity index (χ2v) is 3.87. The van der Waals surface area contributed by atoms with Crippen LogP contribution in [0.3, 0.4) is 0 Å². The van der Waals surface area contributed by atoms with Crippen LogP contribution in [0.5, 0.6) is 0 Å². The van der Waals surface area contributed by atoms with Crippen molar-refractivity contribution in [1.82, 2.24) is 4.98 Å². The van der Waals surface area contributed by atoms with Gasteiger partial charge in [-0.3, -0.25) is 9.78 Å². The molecule has 0 aliphatic rings. The van der Waals surface area contributed by atoms with Gasteiger partial charge in [0.15, 0.2) is 5.78 Å². The second kappa shape index (κ2) is 4.72. The number of ketones is 1. The average molecular weight is 266 g/mol. The first-order valence-corrected chi connectivity index (χ1v) is 5.31. The number of nitrogen functional groups attached to an aromatic ring is 1. The minimum atomic E-state index is -4.42. The number of hydrogen-bond donors (Lipinski definition) is 1. The molecule has 0 atom stereocenters. The molecule has 0 unspecified atom stereocenters. The number of carbonyl (C=O) groups excluding carboxylic acids is 1. The number of benzene rings is 1. The van der Waals surface area contributed by atoms with Gasteiger partial charge in [0, 0.05) is 17.3 Å². The lowest BCUT2D eigenvalue weighted by molar-refractivity contribution is -0.137. The Morgan fingerprint density at radius 3 is 2.26 bits per heavy atom. The molecular weight excluding hydrogens is 257 g/mol. The first kappa shape index (κ1) is 13.1. The van der Waals surface area contributed by atoms with E-state index in [1.165, 1.54) is 18.5 Å². The summed E-state index contributed by atoms with van der Waals surface area (Å²) in [4.78, 5) is 15.8. The zero-order chi connectivity index (χ0) is 14.0. The first-order valence-electron chi connectivity index (χ1n) is 5.31. The fourth-order valence-electron chi connectivity index (χ4n) is 1.58. The van der Waals surface area contributed by atoms with Crippen LogP contribution in [0.25, 0.3) is 0 Å². The molecule has 2 N–H and O–H groups in total. The van der Waals surface area contributed by atoms with Crippen LogP contribution in [0.1, 0.15) is 21.5 Å². The lowest BCUT2D eigenvalue weighted by atomic mass is 10.0. The molecule has 19 heavy (non-hydrogen) atoms. The molecule has 2 rings (SSSR count). The monoisotopic (exact) mass is 266 g/mol. The Hall–Kier alpha value is -2.37. The zero-order valence-corrected chi connectivity index (χ0v) is 9.61. The first-order chi connectivity index (χ1) is 8.89. The van der Waals surface area contributed by atoms with E-state index in [9.17, 15) is 18.0 Å². The van der Waals surface area contributed by atoms with Gasteiger partial charge >= 0.3 is 6.18 Å². The number of rotatable bonds is 2. The maximum Gasteiger partial charge on any atom is 0.416 e. The molecule has 0 amide bonds. The van der Waals surface area contributed by atoms with E-state index in [0.29, 0.717) is 0 Å². The molecule has 0 aliphatic heterocycles. The van der Waals surface area contributed by atoms with Crippen molar-refractivity contribution in [2.24, 2.45) is 0 Å². The van der Waals surface area contributed by atoms with Gasteiger partial charge in [-0.25, -0.2) is 0 Å². The van der Waals surface area contributed by atoms with E-state index in [1.807, 2.05) is 0 Å². The standard InChI is InChI=1S/C13H9F3N2O/c14-13(15,16)9-3-1-8(2-4-9)12(19)10-5-6-18-7-11(10)17/h1-7H,17H2. The molecular formula is C13H9F3N2O. The van der Waals surface area contributed by atoms with E-state index in [0.717, 1.165) is 24.3 Å². The normalized spacial score (nSPS) is 11.3. The van der Waals surface area contributed by atoms with Crippen LogP contribution in [0, 0.1) is 0 Å². The number of nitrogens with two attached hydrogens (primary N) is 1. The largest absolute Gasteiger partial charge is 0.416 e. The number of carbonyl (C=O) groups is 1. The third-order valence-electron chi connectivity index (χ3n) is 2.57. The smallest absolute Gasteiger partial charge is 0.397 e. The number of pyridine rings is 1. The van der Waals surface area contributed by atoms with Crippen molar-refractivity contribution in [2.75, 3.05) is 5.73 Å². The Morgan fingerprint density at radius 1 is 1.11 bits per heavy atom. The number of anilines is 1. The number of nitrogens with zero attached hydrogens (tertiary/aromatic N) is 1. The Kier molecular flexibility index (Phi) is 3.25. The summed E-state index contributed by atoms with van der Waals surface area (Å²) in [6.07, 6.45) is -1.71. The van der Waals surface area contributed by atoms with Crippen LogP contribution in [0.15, 0.2) is 42.7 Å². The SMILES string of the molecule is Nc1cnccc1C(=O)c1ccc(C(F)(F)F)cc1. The molecule has 0 saturated carbocycles. The van der Waals surface area contributed by atoms with Gasteiger partial charge in [0.2, 0.25) is 0 Å². The fraction of sp³-hybridized carbons (Fsp3) is 0.0769. The quantitative estimate of drug-likeness (QED) is 0.850. The van der Waals surface area contributed by atoms with Gasteiger partial charge in [0.25, 0.3) is 0 Å². The van der Waals surface area contributed by atoms with Crippen molar-refractivity contribution in [3.8, 4) is 0 Å². The van der Waals surface area contributed by atoms with Gasteiger partial charge in [-0.15, -0.1) is 0 Å². The summed E-state index contributed by atoms with van der Waals surface area (Å²) in [5.74, 6) is -0.436. The van der Waals surface area contributed by atoms with Gasteiger partial charge < -0.3 is 5.73 Å². The van der Waals surface area contributed by atoms with E-state index in [2.05, 4.69) is 4.98 Å². The third kappa shape index (κ3) is 2.73. The van der Waals surface area contributed by atoms with Gasteiger partial charge in [-0.2, -0.15) is 13.2 Å². The number of aromatic nitrogens is 1. The summed E-state index contributed by atoms with van der Waals surface area (Å²) in [6.45, 7) is 0. The van der Waals surface area contributed by atoms with Gasteiger partial charge in [0.05, 0.1) is 17.4 Å². The molecule has 0 fully saturated rings. The molecule has 0 bridgehead atoms. The van der Waals surface area contributed by atoms with E-state index in [1.54, 1.807) is 0 Å². The molecule has 0 aliphatic carbocycles. The van der Waals surface area contributed by atoms with Crippen molar-refractivity contribution in [3.05, 3.63) is 59.4 Å². The second-order valence-electron chi connectivity index (χ2n) is 3.87. The average Bonchev–Trinajstić information content (AvgIpc) is 2.38. The molecule has 1 aromatic heterocycles. The zero-order valence-electron chi connectivity index (χ0n) is 9.61. The molecule has 0 saturated heterocycles. The summed E-state index contributed by atoms with van der Waals surface area (Å²) in [5, 5.41) is 0. The fourth-order valence-corrected chi connectivity index (χ4v) is 1.58. The van der Waals surface area contributed by atoms with Gasteiger partial charge in [-0.1, -0.05) is 12.1 Å². The maximum absolute atomic E-state index is 12.4.